The number of unbranched alkanes of at least 4 members (excludes halogenated alkanes) is 2. The van der Waals surface area contributed by atoms with Gasteiger partial charge in [-0.3, -0.25) is 0 Å². The summed E-state index contributed by atoms with van der Waals surface area (Å²) in [5.41, 5.74) is 0. The van der Waals surface area contributed by atoms with Gasteiger partial charge in [0.05, 0.1) is 0 Å². The topological polar surface area (TPSA) is 24.7 Å². The Balaban J connectivity index is 3.15. The van der Waals surface area contributed by atoms with Crippen molar-refractivity contribution in [1.82, 2.24) is 0 Å². The van der Waals surface area contributed by atoms with Gasteiger partial charge >= 0.3 is 0 Å². The fraction of sp³-hybridized carbons (Fsp3) is 0.750. The summed E-state index contributed by atoms with van der Waals surface area (Å²) in [4.78, 5) is 0. The summed E-state index contributed by atoms with van der Waals surface area (Å²) in [6.45, 7) is 4.25. The lowest BCUT2D eigenvalue weighted by molar-refractivity contribution is 0.988. The summed E-state index contributed by atoms with van der Waals surface area (Å²) in [5.74, 6) is 0. The molecule has 0 aliphatic carbocycles. The van der Waals surface area contributed by atoms with Gasteiger partial charge in [0.1, 0.15) is 0 Å². The first-order valence-corrected chi connectivity index (χ1v) is 3.95. The number of hydrogen-bond donors (Lipinski definition) is 0. The summed E-state index contributed by atoms with van der Waals surface area (Å²) in [7, 11) is 0. The highest BCUT2D eigenvalue weighted by Crippen LogP contribution is 1.83. The van der Waals surface area contributed by atoms with Crippen LogP contribution in [-0.2, 0) is 0 Å². The van der Waals surface area contributed by atoms with E-state index in [0.29, 0.717) is 0 Å². The van der Waals surface area contributed by atoms with Gasteiger partial charge in [0.25, 0.3) is 0 Å². The highest BCUT2D eigenvalue weighted by molar-refractivity contribution is 5.61. The SMILES string of the molecule is CCC/C=N/N=C/CCC. The van der Waals surface area contributed by atoms with Crippen LogP contribution in [0.3, 0.4) is 0 Å². The zero-order valence-corrected chi connectivity index (χ0v) is 6.88. The quantitative estimate of drug-likeness (QED) is 0.414. The van der Waals surface area contributed by atoms with Crippen LogP contribution in [0.1, 0.15) is 39.5 Å². The predicted octanol–water partition coefficient (Wildman–Crippen LogP) is 2.64. The van der Waals surface area contributed by atoms with Crippen molar-refractivity contribution in [2.45, 2.75) is 39.5 Å². The van der Waals surface area contributed by atoms with E-state index < -0.39 is 0 Å². The second kappa shape index (κ2) is 8.34. The van der Waals surface area contributed by atoms with Crippen molar-refractivity contribution in [2.75, 3.05) is 0 Å². The van der Waals surface area contributed by atoms with Crippen LogP contribution < -0.4 is 0 Å². The number of rotatable bonds is 5. The highest BCUT2D eigenvalue weighted by atomic mass is 15.2. The van der Waals surface area contributed by atoms with Crippen LogP contribution in [-0.4, -0.2) is 12.4 Å². The Morgan fingerprint density at radius 1 is 0.900 bits per heavy atom. The lowest BCUT2D eigenvalue weighted by atomic mass is 10.4. The van der Waals surface area contributed by atoms with Crippen molar-refractivity contribution in [3.8, 4) is 0 Å². The van der Waals surface area contributed by atoms with Crippen LogP contribution in [0.5, 0.6) is 0 Å². The van der Waals surface area contributed by atoms with Gasteiger partial charge in [-0.05, 0) is 12.8 Å². The first-order chi connectivity index (χ1) is 4.91. The van der Waals surface area contributed by atoms with E-state index in [1.807, 2.05) is 12.4 Å². The van der Waals surface area contributed by atoms with Crippen molar-refractivity contribution >= 4 is 12.4 Å². The smallest absolute Gasteiger partial charge is 0.0270 e. The second-order valence-electron chi connectivity index (χ2n) is 2.17. The van der Waals surface area contributed by atoms with Crippen LogP contribution in [0.2, 0.25) is 0 Å². The minimum Gasteiger partial charge on any atom is -0.164 e. The van der Waals surface area contributed by atoms with Gasteiger partial charge in [-0.1, -0.05) is 26.7 Å². The van der Waals surface area contributed by atoms with E-state index in [4.69, 9.17) is 0 Å². The molecule has 0 amide bonds. The van der Waals surface area contributed by atoms with Gasteiger partial charge in [-0.2, -0.15) is 10.2 Å². The zero-order valence-electron chi connectivity index (χ0n) is 6.88. The molecule has 0 radical (unpaired) electrons. The van der Waals surface area contributed by atoms with Gasteiger partial charge < -0.3 is 0 Å². The lowest BCUT2D eigenvalue weighted by Crippen LogP contribution is -1.72. The first-order valence-electron chi connectivity index (χ1n) is 3.95. The normalized spacial score (nSPS) is 11.8. The molecule has 0 aromatic rings. The van der Waals surface area contributed by atoms with Gasteiger partial charge in [0, 0.05) is 12.4 Å². The van der Waals surface area contributed by atoms with Crippen LogP contribution >= 0.6 is 0 Å². The minimum atomic E-state index is 1.03. The standard InChI is InChI=1S/C8H16N2/c1-3-5-7-9-10-8-6-4-2/h7-8H,3-6H2,1-2H3/b9-7+,10-8+. The van der Waals surface area contributed by atoms with Crippen molar-refractivity contribution in [3.05, 3.63) is 0 Å². The average Bonchev–Trinajstić information content (AvgIpc) is 1.97. The minimum absolute atomic E-state index is 1.03. The third kappa shape index (κ3) is 7.34. The lowest BCUT2D eigenvalue weighted by Gasteiger charge is -1.81. The number of hydrogen-bond acceptors (Lipinski definition) is 2. The maximum atomic E-state index is 3.84. The van der Waals surface area contributed by atoms with E-state index in [2.05, 4.69) is 24.1 Å². The fourth-order valence-electron chi connectivity index (χ4n) is 0.468. The average molecular weight is 140 g/mol. The molecule has 0 atom stereocenters. The molecule has 0 aromatic carbocycles. The van der Waals surface area contributed by atoms with Gasteiger partial charge in [0.15, 0.2) is 0 Å². The Bertz CT molecular complexity index is 91.8. The van der Waals surface area contributed by atoms with Crippen LogP contribution in [0.15, 0.2) is 10.2 Å². The molecule has 0 unspecified atom stereocenters. The third-order valence-corrected chi connectivity index (χ3v) is 1.07. The third-order valence-electron chi connectivity index (χ3n) is 1.07. The Labute approximate surface area is 63.1 Å². The Morgan fingerprint density at radius 3 is 1.60 bits per heavy atom. The fourth-order valence-corrected chi connectivity index (χ4v) is 0.468. The molecular weight excluding hydrogens is 124 g/mol. The first kappa shape index (κ1) is 9.34. The molecule has 2 heteroatoms. The molecule has 0 aromatic heterocycles. The van der Waals surface area contributed by atoms with E-state index in [1.54, 1.807) is 0 Å². The summed E-state index contributed by atoms with van der Waals surface area (Å²) in [6, 6.07) is 0. The molecule has 0 N–H and O–H groups in total. The van der Waals surface area contributed by atoms with Crippen molar-refractivity contribution in [2.24, 2.45) is 10.2 Å². The number of nitrogens with zero attached hydrogens (tertiary/aromatic N) is 2. The monoisotopic (exact) mass is 140 g/mol. The molecule has 0 aliphatic rings. The maximum absolute atomic E-state index is 3.84. The van der Waals surface area contributed by atoms with Crippen molar-refractivity contribution in [3.63, 3.8) is 0 Å². The molecule has 0 fully saturated rings. The molecular formula is C8H16N2. The van der Waals surface area contributed by atoms with E-state index >= 15 is 0 Å². The van der Waals surface area contributed by atoms with Crippen LogP contribution in [0.25, 0.3) is 0 Å². The van der Waals surface area contributed by atoms with Crippen molar-refractivity contribution in [1.29, 1.82) is 0 Å². The van der Waals surface area contributed by atoms with Crippen LogP contribution in [0, 0.1) is 0 Å². The molecule has 2 nitrogen and oxygen atoms in total. The second-order valence-corrected chi connectivity index (χ2v) is 2.17. The largest absolute Gasteiger partial charge is 0.164 e. The molecule has 0 aliphatic heterocycles. The zero-order chi connectivity index (χ0) is 7.66. The van der Waals surface area contributed by atoms with E-state index in [9.17, 15) is 0 Å². The predicted molar refractivity (Wildman–Crippen MR) is 46.8 cm³/mol. The molecule has 58 valence electrons. The maximum Gasteiger partial charge on any atom is 0.0270 e. The Morgan fingerprint density at radius 2 is 1.30 bits per heavy atom. The summed E-state index contributed by atoms with van der Waals surface area (Å²) < 4.78 is 0. The molecule has 0 rings (SSSR count). The van der Waals surface area contributed by atoms with Gasteiger partial charge in [-0.25, -0.2) is 0 Å². The van der Waals surface area contributed by atoms with E-state index in [1.165, 1.54) is 0 Å². The molecule has 10 heavy (non-hydrogen) atoms. The van der Waals surface area contributed by atoms with Gasteiger partial charge in [0.2, 0.25) is 0 Å². The van der Waals surface area contributed by atoms with E-state index in [-0.39, 0.29) is 0 Å². The molecule has 0 saturated heterocycles. The van der Waals surface area contributed by atoms with Gasteiger partial charge in [-0.15, -0.1) is 0 Å². The summed E-state index contributed by atoms with van der Waals surface area (Å²) >= 11 is 0. The summed E-state index contributed by atoms with van der Waals surface area (Å²) in [5, 5.41) is 7.69. The summed E-state index contributed by atoms with van der Waals surface area (Å²) in [6.07, 6.45) is 8.06. The van der Waals surface area contributed by atoms with Crippen LogP contribution in [0.4, 0.5) is 0 Å². The van der Waals surface area contributed by atoms with E-state index in [0.717, 1.165) is 25.7 Å². The van der Waals surface area contributed by atoms with Crippen molar-refractivity contribution < 1.29 is 0 Å². The Hall–Kier alpha value is -0.660. The molecule has 0 bridgehead atoms. The molecule has 0 saturated carbocycles. The molecule has 0 heterocycles. The highest BCUT2D eigenvalue weighted by Gasteiger charge is 1.72. The molecule has 0 spiro atoms. The Kier molecular flexibility index (Phi) is 7.79.